The van der Waals surface area contributed by atoms with Gasteiger partial charge in [-0.05, 0) is 53.0 Å². The first-order valence-electron chi connectivity index (χ1n) is 9.90. The summed E-state index contributed by atoms with van der Waals surface area (Å²) in [5.41, 5.74) is 2.25. The minimum Gasteiger partial charge on any atom is -0.459 e. The molecule has 0 spiro atoms. The molecule has 3 heterocycles. The fourth-order valence-corrected chi connectivity index (χ4v) is 3.87. The number of esters is 1. The van der Waals surface area contributed by atoms with Crippen molar-refractivity contribution in [3.8, 4) is 0 Å². The Morgan fingerprint density at radius 1 is 1.29 bits per heavy atom. The van der Waals surface area contributed by atoms with Crippen LogP contribution in [0.1, 0.15) is 77.5 Å². The van der Waals surface area contributed by atoms with Crippen molar-refractivity contribution in [2.45, 2.75) is 66.0 Å². The number of hydrogen-bond donors (Lipinski definition) is 1. The van der Waals surface area contributed by atoms with Crippen molar-refractivity contribution in [2.75, 3.05) is 13.1 Å². The van der Waals surface area contributed by atoms with Crippen molar-refractivity contribution in [1.82, 2.24) is 24.6 Å². The molecule has 1 fully saturated rings. The second-order valence-electron chi connectivity index (χ2n) is 7.62. The zero-order valence-corrected chi connectivity index (χ0v) is 17.3. The third kappa shape index (κ3) is 3.81. The maximum atomic E-state index is 13.1. The van der Waals surface area contributed by atoms with E-state index < -0.39 is 5.97 Å². The van der Waals surface area contributed by atoms with Gasteiger partial charge < -0.3 is 19.2 Å². The van der Waals surface area contributed by atoms with Crippen LogP contribution in [0.3, 0.4) is 0 Å². The number of nitrogens with zero attached hydrogens (tertiary/aromatic N) is 4. The molecule has 1 N–H and O–H groups in total. The molecule has 0 radical (unpaired) electrons. The summed E-state index contributed by atoms with van der Waals surface area (Å²) in [5.74, 6) is 0.854. The molecular weight excluding hydrogens is 358 g/mol. The highest BCUT2D eigenvalue weighted by atomic mass is 16.5. The molecule has 1 amide bonds. The summed E-state index contributed by atoms with van der Waals surface area (Å²) in [7, 11) is 0. The highest BCUT2D eigenvalue weighted by molar-refractivity contribution is 6.00. The lowest BCUT2D eigenvalue weighted by atomic mass is 9.95. The largest absolute Gasteiger partial charge is 0.459 e. The number of likely N-dealkylation sites (tertiary alicyclic amines) is 1. The number of carbonyl (C=O) groups excluding carboxylic acids is 2. The number of piperidine rings is 1. The smallest absolute Gasteiger partial charge is 0.340 e. The van der Waals surface area contributed by atoms with Gasteiger partial charge >= 0.3 is 5.97 Å². The summed E-state index contributed by atoms with van der Waals surface area (Å²) < 4.78 is 7.38. The fourth-order valence-electron chi connectivity index (χ4n) is 3.87. The van der Waals surface area contributed by atoms with E-state index in [1.54, 1.807) is 20.2 Å². The fraction of sp³-hybridized carbons (Fsp3) is 0.600. The van der Waals surface area contributed by atoms with Gasteiger partial charge in [0.15, 0.2) is 0 Å². The van der Waals surface area contributed by atoms with Crippen LogP contribution in [0.4, 0.5) is 0 Å². The van der Waals surface area contributed by atoms with E-state index in [0.717, 1.165) is 25.2 Å². The number of aromatic amines is 1. The highest BCUT2D eigenvalue weighted by Gasteiger charge is 2.30. The summed E-state index contributed by atoms with van der Waals surface area (Å²) in [4.78, 5) is 30.4. The number of aryl methyl sites for hydroxylation is 2. The number of ether oxygens (including phenoxy) is 1. The molecular formula is C20H29N5O3. The van der Waals surface area contributed by atoms with Crippen molar-refractivity contribution < 1.29 is 14.3 Å². The van der Waals surface area contributed by atoms with Crippen LogP contribution in [0.15, 0.2) is 6.33 Å². The van der Waals surface area contributed by atoms with Gasteiger partial charge in [0.2, 0.25) is 0 Å². The van der Waals surface area contributed by atoms with E-state index >= 15 is 0 Å². The van der Waals surface area contributed by atoms with Crippen LogP contribution < -0.4 is 0 Å². The Hall–Kier alpha value is -2.64. The SMILES string of the molecule is CCn1cnnc1C1CCN(C(=O)c2[nH]c(C)c(C(=O)OC(C)C)c2C)CC1. The first kappa shape index (κ1) is 20.1. The summed E-state index contributed by atoms with van der Waals surface area (Å²) in [6, 6.07) is 0. The molecule has 28 heavy (non-hydrogen) atoms. The first-order chi connectivity index (χ1) is 13.3. The molecule has 0 aliphatic carbocycles. The average Bonchev–Trinajstić information content (AvgIpc) is 3.24. The summed E-state index contributed by atoms with van der Waals surface area (Å²) >= 11 is 0. The predicted molar refractivity (Wildman–Crippen MR) is 104 cm³/mol. The molecule has 0 atom stereocenters. The molecule has 8 heteroatoms. The Kier molecular flexibility index (Phi) is 5.86. The van der Waals surface area contributed by atoms with Crippen molar-refractivity contribution >= 4 is 11.9 Å². The van der Waals surface area contributed by atoms with E-state index in [4.69, 9.17) is 4.74 Å². The van der Waals surface area contributed by atoms with Gasteiger partial charge in [-0.25, -0.2) is 4.79 Å². The number of nitrogens with one attached hydrogen (secondary N) is 1. The number of rotatable bonds is 5. The van der Waals surface area contributed by atoms with Crippen LogP contribution in [-0.4, -0.2) is 55.7 Å². The Morgan fingerprint density at radius 3 is 2.57 bits per heavy atom. The quantitative estimate of drug-likeness (QED) is 0.796. The Morgan fingerprint density at radius 2 is 1.96 bits per heavy atom. The second kappa shape index (κ2) is 8.16. The van der Waals surface area contributed by atoms with Gasteiger partial charge in [-0.1, -0.05) is 0 Å². The van der Waals surface area contributed by atoms with E-state index in [-0.39, 0.29) is 12.0 Å². The van der Waals surface area contributed by atoms with Crippen molar-refractivity contribution in [3.63, 3.8) is 0 Å². The number of H-pyrrole nitrogens is 1. The van der Waals surface area contributed by atoms with Gasteiger partial charge in [0.05, 0.1) is 11.7 Å². The highest BCUT2D eigenvalue weighted by Crippen LogP contribution is 2.28. The second-order valence-corrected chi connectivity index (χ2v) is 7.62. The molecule has 0 bridgehead atoms. The van der Waals surface area contributed by atoms with E-state index in [2.05, 4.69) is 26.7 Å². The predicted octanol–water partition coefficient (Wildman–Crippen LogP) is 2.83. The molecule has 0 saturated carbocycles. The van der Waals surface area contributed by atoms with E-state index in [9.17, 15) is 9.59 Å². The van der Waals surface area contributed by atoms with Crippen LogP contribution in [0, 0.1) is 13.8 Å². The lowest BCUT2D eigenvalue weighted by Crippen LogP contribution is -2.38. The molecule has 1 aliphatic rings. The number of hydrogen-bond acceptors (Lipinski definition) is 5. The summed E-state index contributed by atoms with van der Waals surface area (Å²) in [6.45, 7) is 11.4. The van der Waals surface area contributed by atoms with Crippen LogP contribution in [0.5, 0.6) is 0 Å². The number of carbonyl (C=O) groups is 2. The molecule has 2 aromatic heterocycles. The lowest BCUT2D eigenvalue weighted by Gasteiger charge is -2.31. The van der Waals surface area contributed by atoms with Crippen LogP contribution >= 0.6 is 0 Å². The maximum Gasteiger partial charge on any atom is 0.340 e. The molecule has 8 nitrogen and oxygen atoms in total. The topological polar surface area (TPSA) is 93.1 Å². The number of amides is 1. The first-order valence-corrected chi connectivity index (χ1v) is 9.90. The van der Waals surface area contributed by atoms with Gasteiger partial charge in [-0.15, -0.1) is 10.2 Å². The monoisotopic (exact) mass is 387 g/mol. The molecule has 0 aromatic carbocycles. The third-order valence-corrected chi connectivity index (χ3v) is 5.33. The summed E-state index contributed by atoms with van der Waals surface area (Å²) in [5, 5.41) is 8.28. The molecule has 1 aliphatic heterocycles. The lowest BCUT2D eigenvalue weighted by molar-refractivity contribution is 0.0376. The maximum absolute atomic E-state index is 13.1. The van der Waals surface area contributed by atoms with Crippen LogP contribution in [0.25, 0.3) is 0 Å². The molecule has 1 saturated heterocycles. The Balaban J connectivity index is 1.71. The van der Waals surface area contributed by atoms with Crippen LogP contribution in [-0.2, 0) is 11.3 Å². The van der Waals surface area contributed by atoms with Crippen molar-refractivity contribution in [2.24, 2.45) is 0 Å². The van der Waals surface area contributed by atoms with Crippen molar-refractivity contribution in [1.29, 1.82) is 0 Å². The van der Waals surface area contributed by atoms with Crippen LogP contribution in [0.2, 0.25) is 0 Å². The minimum absolute atomic E-state index is 0.0698. The summed E-state index contributed by atoms with van der Waals surface area (Å²) in [6.07, 6.45) is 3.26. The number of aromatic nitrogens is 4. The van der Waals surface area contributed by atoms with Gasteiger partial charge in [-0.2, -0.15) is 0 Å². The van der Waals surface area contributed by atoms with E-state index in [1.165, 1.54) is 0 Å². The van der Waals surface area contributed by atoms with E-state index in [0.29, 0.717) is 41.5 Å². The van der Waals surface area contributed by atoms with E-state index in [1.807, 2.05) is 18.7 Å². The van der Waals surface area contributed by atoms with Crippen molar-refractivity contribution in [3.05, 3.63) is 34.7 Å². The van der Waals surface area contributed by atoms with Gasteiger partial charge in [0, 0.05) is 31.2 Å². The molecule has 152 valence electrons. The Labute approximate surface area is 165 Å². The molecule has 0 unspecified atom stereocenters. The molecule has 3 rings (SSSR count). The zero-order chi connectivity index (χ0) is 20.4. The van der Waals surface area contributed by atoms with Gasteiger partial charge in [0.25, 0.3) is 5.91 Å². The Bertz CT molecular complexity index is 859. The minimum atomic E-state index is -0.391. The average molecular weight is 387 g/mol. The van der Waals surface area contributed by atoms with Gasteiger partial charge in [-0.3, -0.25) is 4.79 Å². The standard InChI is InChI=1S/C20H29N5O3/c1-6-24-11-21-23-18(24)15-7-9-25(10-8-15)19(26)17-13(4)16(14(5)22-17)20(27)28-12(2)3/h11-12,15,22H,6-10H2,1-5H3. The third-order valence-electron chi connectivity index (χ3n) is 5.33. The zero-order valence-electron chi connectivity index (χ0n) is 17.3. The van der Waals surface area contributed by atoms with Gasteiger partial charge in [0.1, 0.15) is 17.8 Å². The normalized spacial score (nSPS) is 15.3. The molecule has 2 aromatic rings.